The Morgan fingerprint density at radius 3 is 2.65 bits per heavy atom. The Hall–Kier alpha value is -1.82. The van der Waals surface area contributed by atoms with Crippen LogP contribution in [0, 0.1) is 0 Å². The van der Waals surface area contributed by atoms with E-state index in [0.717, 1.165) is 16.5 Å². The Kier molecular flexibility index (Phi) is 4.44. The summed E-state index contributed by atoms with van der Waals surface area (Å²) in [4.78, 5) is 24.1. The highest BCUT2D eigenvalue weighted by Crippen LogP contribution is 2.18. The van der Waals surface area contributed by atoms with Gasteiger partial charge in [0.05, 0.1) is 6.54 Å². The molecule has 0 bridgehead atoms. The first-order chi connectivity index (χ1) is 9.52. The quantitative estimate of drug-likeness (QED) is 0.865. The van der Waals surface area contributed by atoms with Gasteiger partial charge in [-0.05, 0) is 24.1 Å². The fraction of sp³-hybridized carbons (Fsp3) is 0.286. The monoisotopic (exact) mass is 337 g/mol. The van der Waals surface area contributed by atoms with Crippen LogP contribution in [0.5, 0.6) is 0 Å². The van der Waals surface area contributed by atoms with E-state index in [2.05, 4.69) is 15.9 Å². The van der Waals surface area contributed by atoms with Crippen molar-refractivity contribution in [3.63, 3.8) is 0 Å². The molecule has 5 nitrogen and oxygen atoms in total. The second-order valence-corrected chi connectivity index (χ2v) is 5.47. The number of nitrogens with zero attached hydrogens (tertiary/aromatic N) is 2. The Labute approximate surface area is 124 Å². The molecular weight excluding hydrogens is 322 g/mol. The molecule has 0 saturated heterocycles. The Morgan fingerprint density at radius 1 is 1.25 bits per heavy atom. The molecule has 0 amide bonds. The van der Waals surface area contributed by atoms with Gasteiger partial charge in [0.1, 0.15) is 0 Å². The third-order valence-electron chi connectivity index (χ3n) is 3.04. The zero-order chi connectivity index (χ0) is 14.7. The van der Waals surface area contributed by atoms with E-state index in [4.69, 9.17) is 5.73 Å². The van der Waals surface area contributed by atoms with Gasteiger partial charge in [0.2, 0.25) is 0 Å². The van der Waals surface area contributed by atoms with Crippen LogP contribution in [0.1, 0.15) is 18.9 Å². The Morgan fingerprint density at radius 2 is 2.00 bits per heavy atom. The number of hydrogen-bond donors (Lipinski definition) is 1. The molecule has 0 aliphatic rings. The molecule has 20 heavy (non-hydrogen) atoms. The SMILES string of the molecule is CCCn1ccc(=O)n(Cc2ccc(Br)cc2N)c1=O. The molecule has 1 aromatic carbocycles. The van der Waals surface area contributed by atoms with Crippen molar-refractivity contribution in [1.29, 1.82) is 0 Å². The van der Waals surface area contributed by atoms with Crippen molar-refractivity contribution in [1.82, 2.24) is 9.13 Å². The highest BCUT2D eigenvalue weighted by molar-refractivity contribution is 9.10. The molecule has 6 heteroatoms. The molecule has 0 spiro atoms. The van der Waals surface area contributed by atoms with Crippen LogP contribution in [-0.2, 0) is 13.1 Å². The van der Waals surface area contributed by atoms with E-state index in [1.165, 1.54) is 21.4 Å². The summed E-state index contributed by atoms with van der Waals surface area (Å²) in [5.41, 5.74) is 6.60. The number of benzene rings is 1. The molecule has 0 radical (unpaired) electrons. The third-order valence-corrected chi connectivity index (χ3v) is 3.53. The molecule has 0 unspecified atom stereocenters. The van der Waals surface area contributed by atoms with Crippen LogP contribution in [-0.4, -0.2) is 9.13 Å². The van der Waals surface area contributed by atoms with Crippen molar-refractivity contribution in [3.05, 3.63) is 61.3 Å². The normalized spacial score (nSPS) is 10.7. The molecule has 0 atom stereocenters. The summed E-state index contributed by atoms with van der Waals surface area (Å²) in [6.45, 7) is 2.75. The van der Waals surface area contributed by atoms with Crippen molar-refractivity contribution in [2.75, 3.05) is 5.73 Å². The molecule has 2 N–H and O–H groups in total. The van der Waals surface area contributed by atoms with Gasteiger partial charge in [-0.15, -0.1) is 0 Å². The fourth-order valence-corrected chi connectivity index (χ4v) is 2.37. The molecule has 1 heterocycles. The summed E-state index contributed by atoms with van der Waals surface area (Å²) < 4.78 is 3.61. The topological polar surface area (TPSA) is 70.0 Å². The maximum atomic E-state index is 12.2. The predicted molar refractivity (Wildman–Crippen MR) is 82.9 cm³/mol. The van der Waals surface area contributed by atoms with Crippen molar-refractivity contribution in [2.45, 2.75) is 26.4 Å². The van der Waals surface area contributed by atoms with E-state index in [-0.39, 0.29) is 17.8 Å². The van der Waals surface area contributed by atoms with Crippen molar-refractivity contribution in [3.8, 4) is 0 Å². The minimum Gasteiger partial charge on any atom is -0.398 e. The molecular formula is C14H16BrN3O2. The van der Waals surface area contributed by atoms with Gasteiger partial charge in [0, 0.05) is 29.0 Å². The second kappa shape index (κ2) is 6.09. The summed E-state index contributed by atoms with van der Waals surface area (Å²) in [7, 11) is 0. The minimum atomic E-state index is -0.315. The molecule has 0 fully saturated rings. The van der Waals surface area contributed by atoms with Crippen LogP contribution in [0.25, 0.3) is 0 Å². The van der Waals surface area contributed by atoms with Gasteiger partial charge in [0.25, 0.3) is 5.56 Å². The lowest BCUT2D eigenvalue weighted by molar-refractivity contribution is 0.571. The van der Waals surface area contributed by atoms with Crippen LogP contribution < -0.4 is 17.0 Å². The van der Waals surface area contributed by atoms with E-state index in [0.29, 0.717) is 12.2 Å². The predicted octanol–water partition coefficient (Wildman–Crippen LogP) is 1.81. The first kappa shape index (κ1) is 14.6. The van der Waals surface area contributed by atoms with Gasteiger partial charge in [-0.1, -0.05) is 28.9 Å². The first-order valence-electron chi connectivity index (χ1n) is 6.37. The zero-order valence-electron chi connectivity index (χ0n) is 11.2. The highest BCUT2D eigenvalue weighted by atomic mass is 79.9. The van der Waals surface area contributed by atoms with Crippen molar-refractivity contribution in [2.24, 2.45) is 0 Å². The number of aryl methyl sites for hydroxylation is 1. The van der Waals surface area contributed by atoms with E-state index >= 15 is 0 Å². The van der Waals surface area contributed by atoms with Gasteiger partial charge < -0.3 is 10.3 Å². The molecule has 0 saturated carbocycles. The number of rotatable bonds is 4. The lowest BCUT2D eigenvalue weighted by Gasteiger charge is -2.10. The first-order valence-corrected chi connectivity index (χ1v) is 7.16. The maximum absolute atomic E-state index is 12.2. The standard InChI is InChI=1S/C14H16BrN3O2/c1-2-6-17-7-5-13(19)18(14(17)20)9-10-3-4-11(15)8-12(10)16/h3-5,7-8H,2,6,9,16H2,1H3. The Bertz CT molecular complexity index is 734. The van der Waals surface area contributed by atoms with Crippen molar-refractivity contribution < 1.29 is 0 Å². The number of hydrogen-bond acceptors (Lipinski definition) is 3. The molecule has 2 rings (SSSR count). The molecule has 106 valence electrons. The summed E-state index contributed by atoms with van der Waals surface area (Å²) in [6, 6.07) is 6.81. The van der Waals surface area contributed by atoms with Crippen LogP contribution in [0.2, 0.25) is 0 Å². The lowest BCUT2D eigenvalue weighted by atomic mass is 10.2. The average molecular weight is 338 g/mol. The number of nitrogens with two attached hydrogens (primary N) is 1. The lowest BCUT2D eigenvalue weighted by Crippen LogP contribution is -2.39. The third kappa shape index (κ3) is 3.01. The number of halogens is 1. The van der Waals surface area contributed by atoms with Crippen molar-refractivity contribution >= 4 is 21.6 Å². The van der Waals surface area contributed by atoms with Gasteiger partial charge in [-0.2, -0.15) is 0 Å². The zero-order valence-corrected chi connectivity index (χ0v) is 12.8. The summed E-state index contributed by atoms with van der Waals surface area (Å²) in [6.07, 6.45) is 2.37. The number of anilines is 1. The minimum absolute atomic E-state index is 0.182. The number of nitrogen functional groups attached to an aromatic ring is 1. The Balaban J connectivity index is 2.45. The fourth-order valence-electron chi connectivity index (χ4n) is 1.99. The molecule has 1 aromatic heterocycles. The largest absolute Gasteiger partial charge is 0.398 e. The second-order valence-electron chi connectivity index (χ2n) is 4.56. The molecule has 0 aliphatic heterocycles. The molecule has 2 aromatic rings. The van der Waals surface area contributed by atoms with Crippen LogP contribution in [0.15, 0.2) is 44.5 Å². The van der Waals surface area contributed by atoms with E-state index in [9.17, 15) is 9.59 Å². The maximum Gasteiger partial charge on any atom is 0.331 e. The average Bonchev–Trinajstić information content (AvgIpc) is 2.40. The van der Waals surface area contributed by atoms with Gasteiger partial charge >= 0.3 is 5.69 Å². The highest BCUT2D eigenvalue weighted by Gasteiger charge is 2.08. The molecule has 0 aliphatic carbocycles. The summed E-state index contributed by atoms with van der Waals surface area (Å²) in [5, 5.41) is 0. The van der Waals surface area contributed by atoms with Crippen LogP contribution in [0.3, 0.4) is 0 Å². The van der Waals surface area contributed by atoms with Crippen LogP contribution in [0.4, 0.5) is 5.69 Å². The van der Waals surface area contributed by atoms with Crippen LogP contribution >= 0.6 is 15.9 Å². The number of aromatic nitrogens is 2. The van der Waals surface area contributed by atoms with Gasteiger partial charge in [-0.3, -0.25) is 9.36 Å². The van der Waals surface area contributed by atoms with E-state index in [1.54, 1.807) is 6.07 Å². The van der Waals surface area contributed by atoms with Gasteiger partial charge in [-0.25, -0.2) is 4.79 Å². The summed E-state index contributed by atoms with van der Waals surface area (Å²) in [5.74, 6) is 0. The van der Waals surface area contributed by atoms with E-state index in [1.807, 2.05) is 19.1 Å². The van der Waals surface area contributed by atoms with Gasteiger partial charge in [0.15, 0.2) is 0 Å². The summed E-state index contributed by atoms with van der Waals surface area (Å²) >= 11 is 3.33. The van der Waals surface area contributed by atoms with E-state index < -0.39 is 0 Å². The smallest absolute Gasteiger partial charge is 0.331 e.